The van der Waals surface area contributed by atoms with E-state index in [-0.39, 0.29) is 6.61 Å². The Hall–Kier alpha value is -0.380. The minimum atomic E-state index is -0.757. The van der Waals surface area contributed by atoms with Gasteiger partial charge in [0.1, 0.15) is 0 Å². The molecule has 0 aliphatic heterocycles. The summed E-state index contributed by atoms with van der Waals surface area (Å²) in [6.45, 7) is 6.08. The van der Waals surface area contributed by atoms with Crippen molar-refractivity contribution in [1.29, 1.82) is 0 Å². The number of aliphatic hydroxyl groups is 2. The molecule has 0 aromatic carbocycles. The summed E-state index contributed by atoms with van der Waals surface area (Å²) >= 11 is 0. The van der Waals surface area contributed by atoms with Crippen molar-refractivity contribution >= 4 is 0 Å². The maximum Gasteiger partial charge on any atom is 0.0893 e. The van der Waals surface area contributed by atoms with Crippen molar-refractivity contribution in [3.8, 4) is 0 Å². The smallest absolute Gasteiger partial charge is 0.0893 e. The number of rotatable bonds is 6. The van der Waals surface area contributed by atoms with Crippen LogP contribution in [0.4, 0.5) is 0 Å². The lowest BCUT2D eigenvalue weighted by Crippen LogP contribution is -2.36. The minimum Gasteiger partial charge on any atom is -0.395 e. The molecule has 0 aliphatic carbocycles. The van der Waals surface area contributed by atoms with Gasteiger partial charge in [-0.1, -0.05) is 19.9 Å². The third-order valence-electron chi connectivity index (χ3n) is 2.58. The van der Waals surface area contributed by atoms with Crippen LogP contribution in [0.25, 0.3) is 0 Å². The molecule has 84 valence electrons. The van der Waals surface area contributed by atoms with Gasteiger partial charge in [-0.25, -0.2) is 0 Å². The normalized spacial score (nSPS) is 18.8. The summed E-state index contributed by atoms with van der Waals surface area (Å²) in [5, 5.41) is 18.1. The molecule has 0 heterocycles. The van der Waals surface area contributed by atoms with E-state index in [2.05, 4.69) is 20.8 Å². The highest BCUT2D eigenvalue weighted by molar-refractivity contribution is 5.04. The van der Waals surface area contributed by atoms with Crippen LogP contribution in [0.3, 0.4) is 0 Å². The Kier molecular flexibility index (Phi) is 6.79. The first-order valence-corrected chi connectivity index (χ1v) is 5.08. The van der Waals surface area contributed by atoms with Crippen LogP contribution in [0, 0.1) is 11.8 Å². The SMILES string of the molecule is CC[C-](C)C(C)/C=C/C(O)C(N)CO. The molecule has 0 radical (unpaired) electrons. The summed E-state index contributed by atoms with van der Waals surface area (Å²) in [5.41, 5.74) is 5.45. The van der Waals surface area contributed by atoms with Crippen molar-refractivity contribution in [2.24, 2.45) is 11.7 Å². The van der Waals surface area contributed by atoms with Crippen LogP contribution in [0.5, 0.6) is 0 Å². The predicted octanol–water partition coefficient (Wildman–Crippen LogP) is 0.864. The molecule has 0 saturated carbocycles. The van der Waals surface area contributed by atoms with Crippen molar-refractivity contribution in [1.82, 2.24) is 0 Å². The lowest BCUT2D eigenvalue weighted by atomic mass is 9.92. The average molecular weight is 200 g/mol. The van der Waals surface area contributed by atoms with E-state index in [1.165, 1.54) is 5.92 Å². The van der Waals surface area contributed by atoms with Crippen molar-refractivity contribution in [2.75, 3.05) is 6.61 Å². The highest BCUT2D eigenvalue weighted by Gasteiger charge is 2.09. The number of aliphatic hydroxyl groups excluding tert-OH is 2. The highest BCUT2D eigenvalue weighted by atomic mass is 16.3. The molecule has 3 nitrogen and oxygen atoms in total. The van der Waals surface area contributed by atoms with Gasteiger partial charge in [-0.2, -0.15) is 13.3 Å². The maximum absolute atomic E-state index is 9.44. The Balaban J connectivity index is 4.02. The van der Waals surface area contributed by atoms with Crippen LogP contribution < -0.4 is 5.73 Å². The summed E-state index contributed by atoms with van der Waals surface area (Å²) < 4.78 is 0. The lowest BCUT2D eigenvalue weighted by Gasteiger charge is -2.28. The molecule has 0 spiro atoms. The Morgan fingerprint density at radius 2 is 2.00 bits per heavy atom. The molecule has 0 amide bonds. The fourth-order valence-corrected chi connectivity index (χ4v) is 1.02. The van der Waals surface area contributed by atoms with Gasteiger partial charge in [-0.15, -0.1) is 12.0 Å². The van der Waals surface area contributed by atoms with E-state index < -0.39 is 12.1 Å². The van der Waals surface area contributed by atoms with Crippen LogP contribution in [0.2, 0.25) is 0 Å². The zero-order valence-corrected chi connectivity index (χ0v) is 9.27. The molecule has 0 rings (SSSR count). The number of allylic oxidation sites excluding steroid dienone is 1. The Labute approximate surface area is 86.6 Å². The first kappa shape index (κ1) is 13.6. The van der Waals surface area contributed by atoms with Crippen molar-refractivity contribution < 1.29 is 10.2 Å². The van der Waals surface area contributed by atoms with Gasteiger partial charge < -0.3 is 21.9 Å². The van der Waals surface area contributed by atoms with Gasteiger partial charge in [-0.3, -0.25) is 0 Å². The molecule has 4 N–H and O–H groups in total. The quantitative estimate of drug-likeness (QED) is 0.440. The standard InChI is InChI=1S/C11H22NO2/c1-4-8(2)9(3)5-6-11(14)10(12)7-13/h5-6,9-11,13-14H,4,7,12H2,1-3H3/q-1/b6-5+. The minimum absolute atomic E-state index is 0.198. The predicted molar refractivity (Wildman–Crippen MR) is 58.6 cm³/mol. The van der Waals surface area contributed by atoms with Gasteiger partial charge >= 0.3 is 0 Å². The van der Waals surface area contributed by atoms with Crippen LogP contribution in [-0.4, -0.2) is 29.0 Å². The molecule has 3 atom stereocenters. The first-order chi connectivity index (χ1) is 6.52. The van der Waals surface area contributed by atoms with Gasteiger partial charge in [0, 0.05) is 0 Å². The van der Waals surface area contributed by atoms with E-state index in [1.54, 1.807) is 6.08 Å². The lowest BCUT2D eigenvalue weighted by molar-refractivity contribution is 0.144. The Morgan fingerprint density at radius 3 is 2.43 bits per heavy atom. The van der Waals surface area contributed by atoms with Crippen LogP contribution in [-0.2, 0) is 0 Å². The molecule has 0 aromatic rings. The molecular formula is C11H22NO2-. The second kappa shape index (κ2) is 6.98. The van der Waals surface area contributed by atoms with Gasteiger partial charge in [0.05, 0.1) is 18.8 Å². The van der Waals surface area contributed by atoms with Gasteiger partial charge in [-0.05, 0) is 0 Å². The number of hydrogen-bond donors (Lipinski definition) is 3. The molecule has 0 bridgehead atoms. The highest BCUT2D eigenvalue weighted by Crippen LogP contribution is 2.18. The third kappa shape index (κ3) is 4.74. The van der Waals surface area contributed by atoms with Crippen molar-refractivity contribution in [2.45, 2.75) is 39.3 Å². The molecule has 0 saturated heterocycles. The second-order valence-electron chi connectivity index (χ2n) is 3.71. The summed E-state index contributed by atoms with van der Waals surface area (Å²) in [4.78, 5) is 0. The third-order valence-corrected chi connectivity index (χ3v) is 2.58. The van der Waals surface area contributed by atoms with Crippen LogP contribution >= 0.6 is 0 Å². The van der Waals surface area contributed by atoms with Gasteiger partial charge in [0.2, 0.25) is 0 Å². The van der Waals surface area contributed by atoms with Crippen LogP contribution in [0.15, 0.2) is 12.2 Å². The Morgan fingerprint density at radius 1 is 1.43 bits per heavy atom. The zero-order chi connectivity index (χ0) is 11.1. The Bertz CT molecular complexity index is 153. The molecule has 3 heteroatoms. The van der Waals surface area contributed by atoms with Gasteiger partial charge in [0.15, 0.2) is 0 Å². The van der Waals surface area contributed by atoms with E-state index >= 15 is 0 Å². The molecular weight excluding hydrogens is 178 g/mol. The van der Waals surface area contributed by atoms with Gasteiger partial charge in [0.25, 0.3) is 0 Å². The molecule has 14 heavy (non-hydrogen) atoms. The van der Waals surface area contributed by atoms with Crippen molar-refractivity contribution in [3.63, 3.8) is 0 Å². The monoisotopic (exact) mass is 200 g/mol. The maximum atomic E-state index is 9.44. The fourth-order valence-electron chi connectivity index (χ4n) is 1.02. The topological polar surface area (TPSA) is 66.5 Å². The van der Waals surface area contributed by atoms with E-state index in [9.17, 15) is 5.11 Å². The number of hydrogen-bond acceptors (Lipinski definition) is 3. The second-order valence-corrected chi connectivity index (χ2v) is 3.71. The van der Waals surface area contributed by atoms with E-state index in [4.69, 9.17) is 10.8 Å². The molecule has 0 aliphatic rings. The zero-order valence-electron chi connectivity index (χ0n) is 9.27. The fraction of sp³-hybridized carbons (Fsp3) is 0.727. The van der Waals surface area contributed by atoms with E-state index in [1.807, 2.05) is 6.08 Å². The van der Waals surface area contributed by atoms with E-state index in [0.29, 0.717) is 5.92 Å². The largest absolute Gasteiger partial charge is 0.395 e. The number of nitrogens with two attached hydrogens (primary N) is 1. The summed E-state index contributed by atoms with van der Waals surface area (Å²) in [6, 6.07) is -0.583. The molecule has 0 aromatic heterocycles. The summed E-state index contributed by atoms with van der Waals surface area (Å²) in [7, 11) is 0. The summed E-state index contributed by atoms with van der Waals surface area (Å²) in [6.07, 6.45) is 3.87. The molecule has 3 unspecified atom stereocenters. The molecule has 0 fully saturated rings. The van der Waals surface area contributed by atoms with Crippen molar-refractivity contribution in [3.05, 3.63) is 18.1 Å². The summed E-state index contributed by atoms with van der Waals surface area (Å²) in [5.74, 6) is 1.71. The average Bonchev–Trinajstić information content (AvgIpc) is 2.22. The van der Waals surface area contributed by atoms with E-state index in [0.717, 1.165) is 6.42 Å². The van der Waals surface area contributed by atoms with Crippen LogP contribution in [0.1, 0.15) is 27.2 Å². The first-order valence-electron chi connectivity index (χ1n) is 5.08.